The summed E-state index contributed by atoms with van der Waals surface area (Å²) in [5.41, 5.74) is -0.680. The third-order valence-corrected chi connectivity index (χ3v) is 4.60. The Hall–Kier alpha value is -1.14. The molecule has 6 nitrogen and oxygen atoms in total. The summed E-state index contributed by atoms with van der Waals surface area (Å²) in [4.78, 5) is 28.2. The van der Waals surface area contributed by atoms with E-state index in [2.05, 4.69) is 10.2 Å². The Bertz CT molecular complexity index is 420. The minimum Gasteiger partial charge on any atom is -0.381 e. The monoisotopic (exact) mass is 281 g/mol. The first-order valence-corrected chi connectivity index (χ1v) is 7.48. The van der Waals surface area contributed by atoms with Crippen LogP contribution < -0.4 is 5.32 Å². The van der Waals surface area contributed by atoms with Crippen molar-refractivity contribution in [1.82, 2.24) is 15.1 Å². The topological polar surface area (TPSA) is 61.9 Å². The number of imide groups is 1. The number of likely N-dealkylation sites (tertiary alicyclic amines) is 1. The maximum atomic E-state index is 12.6. The predicted molar refractivity (Wildman–Crippen MR) is 73.2 cm³/mol. The van der Waals surface area contributed by atoms with E-state index in [9.17, 15) is 9.59 Å². The molecule has 0 aromatic heterocycles. The van der Waals surface area contributed by atoms with Gasteiger partial charge in [0.25, 0.3) is 5.91 Å². The van der Waals surface area contributed by atoms with Gasteiger partial charge in [0.1, 0.15) is 5.54 Å². The Morgan fingerprint density at radius 1 is 1.45 bits per heavy atom. The van der Waals surface area contributed by atoms with Crippen molar-refractivity contribution < 1.29 is 14.3 Å². The molecule has 0 radical (unpaired) electrons. The number of carbonyl (C=O) groups excluding carboxylic acids is 2. The molecule has 0 saturated carbocycles. The van der Waals surface area contributed by atoms with Gasteiger partial charge in [0.15, 0.2) is 0 Å². The Balaban J connectivity index is 1.66. The van der Waals surface area contributed by atoms with Crippen molar-refractivity contribution in [3.8, 4) is 0 Å². The van der Waals surface area contributed by atoms with Gasteiger partial charge in [-0.1, -0.05) is 0 Å². The van der Waals surface area contributed by atoms with Gasteiger partial charge in [0, 0.05) is 32.3 Å². The molecule has 3 fully saturated rings. The molecule has 1 N–H and O–H groups in total. The second kappa shape index (κ2) is 5.00. The maximum Gasteiger partial charge on any atom is 0.325 e. The van der Waals surface area contributed by atoms with Crippen LogP contribution >= 0.6 is 0 Å². The minimum atomic E-state index is -0.680. The van der Waals surface area contributed by atoms with E-state index in [0.29, 0.717) is 18.9 Å². The van der Waals surface area contributed by atoms with Crippen LogP contribution in [0.3, 0.4) is 0 Å². The zero-order valence-electron chi connectivity index (χ0n) is 12.2. The third kappa shape index (κ3) is 2.20. The molecule has 3 heterocycles. The van der Waals surface area contributed by atoms with Crippen molar-refractivity contribution in [2.75, 3.05) is 32.8 Å². The van der Waals surface area contributed by atoms with Crippen LogP contribution in [0.2, 0.25) is 0 Å². The van der Waals surface area contributed by atoms with E-state index in [1.54, 1.807) is 0 Å². The van der Waals surface area contributed by atoms with Gasteiger partial charge in [0.05, 0.1) is 6.61 Å². The number of ether oxygens (including phenoxy) is 1. The van der Waals surface area contributed by atoms with Crippen LogP contribution in [0.15, 0.2) is 0 Å². The summed E-state index contributed by atoms with van der Waals surface area (Å²) in [7, 11) is 0. The normalized spacial score (nSPS) is 34.8. The van der Waals surface area contributed by atoms with E-state index in [4.69, 9.17) is 4.74 Å². The number of hydrogen-bond donors (Lipinski definition) is 1. The summed E-state index contributed by atoms with van der Waals surface area (Å²) in [6.07, 6.45) is 1.82. The molecule has 3 rings (SSSR count). The van der Waals surface area contributed by atoms with Crippen molar-refractivity contribution in [2.45, 2.75) is 38.3 Å². The molecule has 3 saturated heterocycles. The van der Waals surface area contributed by atoms with Gasteiger partial charge in [-0.3, -0.25) is 14.6 Å². The SMILES string of the molecule is CC(C)N1C(=O)N[C@@]2(CCN(C[C@H]3CCOC3)C2)C1=O. The highest BCUT2D eigenvalue weighted by Gasteiger charge is 2.55. The van der Waals surface area contributed by atoms with Crippen LogP contribution in [0, 0.1) is 5.92 Å². The van der Waals surface area contributed by atoms with Crippen LogP contribution in [-0.2, 0) is 9.53 Å². The summed E-state index contributed by atoms with van der Waals surface area (Å²) >= 11 is 0. The number of hydrogen-bond acceptors (Lipinski definition) is 4. The summed E-state index contributed by atoms with van der Waals surface area (Å²) in [6.45, 7) is 7.89. The molecule has 0 aliphatic carbocycles. The van der Waals surface area contributed by atoms with E-state index in [0.717, 1.165) is 32.7 Å². The standard InChI is InChI=1S/C14H23N3O3/c1-10(2)17-12(18)14(15-13(17)19)4-5-16(9-14)7-11-3-6-20-8-11/h10-11H,3-9H2,1-2H3,(H,15,19)/t11-,14-/m1/s1. The van der Waals surface area contributed by atoms with Crippen molar-refractivity contribution >= 4 is 11.9 Å². The van der Waals surface area contributed by atoms with E-state index in [1.807, 2.05) is 13.8 Å². The van der Waals surface area contributed by atoms with E-state index in [-0.39, 0.29) is 18.0 Å². The molecule has 3 aliphatic rings. The van der Waals surface area contributed by atoms with E-state index >= 15 is 0 Å². The van der Waals surface area contributed by atoms with Gasteiger partial charge < -0.3 is 10.1 Å². The van der Waals surface area contributed by atoms with Crippen LogP contribution in [0.1, 0.15) is 26.7 Å². The molecule has 0 unspecified atom stereocenters. The fourth-order valence-corrected chi connectivity index (χ4v) is 3.52. The van der Waals surface area contributed by atoms with Gasteiger partial charge in [-0.05, 0) is 32.6 Å². The Kier molecular flexibility index (Phi) is 3.46. The molecular weight excluding hydrogens is 258 g/mol. The average Bonchev–Trinajstić information content (AvgIpc) is 3.04. The highest BCUT2D eigenvalue weighted by atomic mass is 16.5. The average molecular weight is 281 g/mol. The number of nitrogens with zero attached hydrogens (tertiary/aromatic N) is 2. The van der Waals surface area contributed by atoms with Gasteiger partial charge in [0.2, 0.25) is 0 Å². The Labute approximate surface area is 119 Å². The van der Waals surface area contributed by atoms with Gasteiger partial charge in [-0.25, -0.2) is 4.79 Å². The largest absolute Gasteiger partial charge is 0.381 e. The molecule has 3 aliphatic heterocycles. The van der Waals surface area contributed by atoms with Crippen LogP contribution in [0.4, 0.5) is 4.79 Å². The highest BCUT2D eigenvalue weighted by Crippen LogP contribution is 2.30. The molecule has 112 valence electrons. The lowest BCUT2D eigenvalue weighted by Gasteiger charge is -2.24. The van der Waals surface area contributed by atoms with Crippen molar-refractivity contribution in [2.24, 2.45) is 5.92 Å². The Morgan fingerprint density at radius 3 is 2.85 bits per heavy atom. The van der Waals surface area contributed by atoms with Crippen LogP contribution in [0.5, 0.6) is 0 Å². The summed E-state index contributed by atoms with van der Waals surface area (Å²) in [6, 6.07) is -0.324. The van der Waals surface area contributed by atoms with E-state index < -0.39 is 5.54 Å². The number of carbonyl (C=O) groups is 2. The lowest BCUT2D eigenvalue weighted by atomic mass is 9.98. The van der Waals surface area contributed by atoms with Crippen LogP contribution in [0.25, 0.3) is 0 Å². The summed E-state index contributed by atoms with van der Waals surface area (Å²) in [5, 5.41) is 2.93. The van der Waals surface area contributed by atoms with Crippen LogP contribution in [-0.4, -0.2) is 66.2 Å². The Morgan fingerprint density at radius 2 is 2.25 bits per heavy atom. The first-order chi connectivity index (χ1) is 9.52. The molecule has 0 bridgehead atoms. The lowest BCUT2D eigenvalue weighted by molar-refractivity contribution is -0.132. The van der Waals surface area contributed by atoms with Gasteiger partial charge in [-0.15, -0.1) is 0 Å². The lowest BCUT2D eigenvalue weighted by Crippen LogP contribution is -2.50. The molecular formula is C14H23N3O3. The summed E-state index contributed by atoms with van der Waals surface area (Å²) < 4.78 is 5.40. The zero-order chi connectivity index (χ0) is 14.3. The van der Waals surface area contributed by atoms with Gasteiger partial charge >= 0.3 is 6.03 Å². The van der Waals surface area contributed by atoms with Gasteiger partial charge in [-0.2, -0.15) is 0 Å². The van der Waals surface area contributed by atoms with Crippen molar-refractivity contribution in [1.29, 1.82) is 0 Å². The number of urea groups is 1. The quantitative estimate of drug-likeness (QED) is 0.762. The zero-order valence-corrected chi connectivity index (χ0v) is 12.2. The molecule has 2 atom stereocenters. The fourth-order valence-electron chi connectivity index (χ4n) is 3.52. The second-order valence-electron chi connectivity index (χ2n) is 6.50. The molecule has 0 aromatic carbocycles. The second-order valence-corrected chi connectivity index (χ2v) is 6.50. The molecule has 20 heavy (non-hydrogen) atoms. The number of nitrogens with one attached hydrogen (secondary N) is 1. The highest BCUT2D eigenvalue weighted by molar-refractivity contribution is 6.07. The number of rotatable bonds is 3. The number of amides is 3. The fraction of sp³-hybridized carbons (Fsp3) is 0.857. The first-order valence-electron chi connectivity index (χ1n) is 7.48. The maximum absolute atomic E-state index is 12.6. The van der Waals surface area contributed by atoms with E-state index in [1.165, 1.54) is 4.90 Å². The smallest absolute Gasteiger partial charge is 0.325 e. The molecule has 1 spiro atoms. The molecule has 6 heteroatoms. The minimum absolute atomic E-state index is 0.0531. The van der Waals surface area contributed by atoms with Crippen molar-refractivity contribution in [3.05, 3.63) is 0 Å². The summed E-state index contributed by atoms with van der Waals surface area (Å²) in [5.74, 6) is 0.515. The third-order valence-electron chi connectivity index (χ3n) is 4.60. The predicted octanol–water partition coefficient (Wildman–Crippen LogP) is 0.428. The molecule has 3 amide bonds. The molecule has 0 aromatic rings. The first kappa shape index (κ1) is 13.8. The van der Waals surface area contributed by atoms with Crippen molar-refractivity contribution in [3.63, 3.8) is 0 Å².